The fraction of sp³-hybridized carbons (Fsp3) is 0.188. The molecule has 0 spiro atoms. The van der Waals surface area contributed by atoms with Gasteiger partial charge < -0.3 is 9.88 Å². The molecule has 3 rings (SSSR count). The van der Waals surface area contributed by atoms with Crippen molar-refractivity contribution in [2.45, 2.75) is 13.8 Å². The first kappa shape index (κ1) is 12.9. The maximum Gasteiger partial charge on any atom is 0.272 e. The average Bonchev–Trinajstić information content (AvgIpc) is 2.91. The third-order valence-electron chi connectivity index (χ3n) is 3.38. The van der Waals surface area contributed by atoms with Gasteiger partial charge in [0.1, 0.15) is 5.69 Å². The summed E-state index contributed by atoms with van der Waals surface area (Å²) in [6.07, 6.45) is 0. The lowest BCUT2D eigenvalue weighted by Crippen LogP contribution is -2.15. The summed E-state index contributed by atoms with van der Waals surface area (Å²) < 4.78 is 3.07. The minimum Gasteiger partial charge on any atom is -0.339 e. The number of amides is 1. The lowest BCUT2D eigenvalue weighted by molar-refractivity contribution is 0.102. The Kier molecular flexibility index (Phi) is 3.10. The first-order valence-electron chi connectivity index (χ1n) is 6.47. The van der Waals surface area contributed by atoms with Crippen molar-refractivity contribution in [3.8, 4) is 0 Å². The van der Waals surface area contributed by atoms with Crippen LogP contribution < -0.4 is 5.32 Å². The number of rotatable bonds is 2. The Hall–Kier alpha value is -2.07. The molecule has 1 aromatic carbocycles. The highest BCUT2D eigenvalue weighted by Crippen LogP contribution is 2.25. The molecule has 2 aromatic heterocycles. The number of benzene rings is 1. The Balaban J connectivity index is 1.92. The number of aryl methyl sites for hydroxylation is 3. The summed E-state index contributed by atoms with van der Waals surface area (Å²) in [5.41, 5.74) is 4.92. The van der Waals surface area contributed by atoms with Gasteiger partial charge in [-0.3, -0.25) is 4.79 Å². The second-order valence-electron chi connectivity index (χ2n) is 5.09. The monoisotopic (exact) mass is 284 g/mol. The van der Waals surface area contributed by atoms with E-state index in [9.17, 15) is 4.79 Å². The first-order valence-corrected chi connectivity index (χ1v) is 7.35. The molecule has 2 heterocycles. The molecule has 0 atom stereocenters. The van der Waals surface area contributed by atoms with Gasteiger partial charge in [-0.1, -0.05) is 6.07 Å². The number of nitrogens with one attached hydrogen (secondary N) is 1. The van der Waals surface area contributed by atoms with E-state index in [1.54, 1.807) is 11.3 Å². The first-order chi connectivity index (χ1) is 9.54. The lowest BCUT2D eigenvalue weighted by atomic mass is 10.1. The van der Waals surface area contributed by atoms with Crippen LogP contribution >= 0.6 is 11.3 Å². The maximum absolute atomic E-state index is 12.4. The van der Waals surface area contributed by atoms with Gasteiger partial charge in [-0.2, -0.15) is 0 Å². The van der Waals surface area contributed by atoms with Gasteiger partial charge in [-0.25, -0.2) is 0 Å². The summed E-state index contributed by atoms with van der Waals surface area (Å²) >= 11 is 1.65. The van der Waals surface area contributed by atoms with Crippen molar-refractivity contribution in [2.75, 3.05) is 5.32 Å². The number of thiophene rings is 1. The molecule has 0 unspecified atom stereocenters. The highest BCUT2D eigenvalue weighted by Gasteiger charge is 2.14. The van der Waals surface area contributed by atoms with E-state index < -0.39 is 0 Å². The van der Waals surface area contributed by atoms with Crippen LogP contribution in [0.5, 0.6) is 0 Å². The second-order valence-corrected chi connectivity index (χ2v) is 6.04. The minimum absolute atomic E-state index is 0.0686. The molecule has 1 amide bonds. The van der Waals surface area contributed by atoms with E-state index in [0.29, 0.717) is 5.69 Å². The lowest BCUT2D eigenvalue weighted by Gasteiger charge is -2.08. The number of hydrogen-bond donors (Lipinski definition) is 1. The number of aromatic nitrogens is 1. The topological polar surface area (TPSA) is 34.0 Å². The Labute approximate surface area is 121 Å². The van der Waals surface area contributed by atoms with Crippen molar-refractivity contribution in [2.24, 2.45) is 7.05 Å². The Morgan fingerprint density at radius 3 is 2.50 bits per heavy atom. The van der Waals surface area contributed by atoms with Crippen LogP contribution in [0.3, 0.4) is 0 Å². The van der Waals surface area contributed by atoms with Crippen LogP contribution in [0.1, 0.15) is 21.6 Å². The van der Waals surface area contributed by atoms with Crippen molar-refractivity contribution < 1.29 is 4.79 Å². The summed E-state index contributed by atoms with van der Waals surface area (Å²) in [4.78, 5) is 12.4. The van der Waals surface area contributed by atoms with E-state index in [-0.39, 0.29) is 5.91 Å². The van der Waals surface area contributed by atoms with Gasteiger partial charge >= 0.3 is 0 Å². The predicted octanol–water partition coefficient (Wildman–Crippen LogP) is 4.11. The SMILES string of the molecule is Cc1cc(C)cc(NC(=O)c2cc3sccc3n2C)c1. The number of anilines is 1. The molecule has 102 valence electrons. The number of carbonyl (C=O) groups is 1. The highest BCUT2D eigenvalue weighted by molar-refractivity contribution is 7.17. The van der Waals surface area contributed by atoms with Gasteiger partial charge in [0.25, 0.3) is 5.91 Å². The molecular formula is C16H16N2OS. The fourth-order valence-electron chi connectivity index (χ4n) is 2.51. The predicted molar refractivity (Wildman–Crippen MR) is 84.7 cm³/mol. The molecule has 3 nitrogen and oxygen atoms in total. The second kappa shape index (κ2) is 4.80. The van der Waals surface area contributed by atoms with Crippen molar-refractivity contribution in [3.63, 3.8) is 0 Å². The standard InChI is InChI=1S/C16H16N2OS/c1-10-6-11(2)8-12(7-10)17-16(19)14-9-15-13(18(14)3)4-5-20-15/h4-9H,1-3H3,(H,17,19). The Bertz CT molecular complexity index is 778. The zero-order chi connectivity index (χ0) is 14.3. The number of carbonyl (C=O) groups excluding carboxylic acids is 1. The molecule has 0 bridgehead atoms. The van der Waals surface area contributed by atoms with E-state index in [1.165, 1.54) is 0 Å². The molecular weight excluding hydrogens is 268 g/mol. The maximum atomic E-state index is 12.4. The van der Waals surface area contributed by atoms with Gasteiger partial charge in [0.15, 0.2) is 0 Å². The van der Waals surface area contributed by atoms with Crippen LogP contribution in [0.25, 0.3) is 10.2 Å². The van der Waals surface area contributed by atoms with Crippen molar-refractivity contribution in [1.29, 1.82) is 0 Å². The molecule has 0 saturated carbocycles. The third kappa shape index (κ3) is 2.23. The van der Waals surface area contributed by atoms with Gasteiger partial charge in [-0.15, -0.1) is 11.3 Å². The van der Waals surface area contributed by atoms with Crippen LogP contribution in [-0.4, -0.2) is 10.5 Å². The Morgan fingerprint density at radius 1 is 1.15 bits per heavy atom. The largest absolute Gasteiger partial charge is 0.339 e. The molecule has 0 aliphatic heterocycles. The zero-order valence-electron chi connectivity index (χ0n) is 11.7. The van der Waals surface area contributed by atoms with Gasteiger partial charge in [-0.05, 0) is 54.6 Å². The van der Waals surface area contributed by atoms with Gasteiger partial charge in [0, 0.05) is 12.7 Å². The average molecular weight is 284 g/mol. The summed E-state index contributed by atoms with van der Waals surface area (Å²) in [6.45, 7) is 4.06. The fourth-order valence-corrected chi connectivity index (χ4v) is 3.36. The molecule has 0 aliphatic carbocycles. The molecule has 0 radical (unpaired) electrons. The van der Waals surface area contributed by atoms with Crippen LogP contribution in [0.15, 0.2) is 35.7 Å². The summed E-state index contributed by atoms with van der Waals surface area (Å²) in [6, 6.07) is 10.0. The van der Waals surface area contributed by atoms with Gasteiger partial charge in [0.05, 0.1) is 10.2 Å². The minimum atomic E-state index is -0.0686. The summed E-state index contributed by atoms with van der Waals surface area (Å²) in [5.74, 6) is -0.0686. The zero-order valence-corrected chi connectivity index (χ0v) is 12.5. The van der Waals surface area contributed by atoms with Crippen molar-refractivity contribution in [3.05, 3.63) is 52.5 Å². The summed E-state index contributed by atoms with van der Waals surface area (Å²) in [5, 5.41) is 5.01. The molecule has 3 aromatic rings. The summed E-state index contributed by atoms with van der Waals surface area (Å²) in [7, 11) is 1.92. The highest BCUT2D eigenvalue weighted by atomic mass is 32.1. The van der Waals surface area contributed by atoms with E-state index in [2.05, 4.69) is 11.4 Å². The molecule has 4 heteroatoms. The number of hydrogen-bond acceptors (Lipinski definition) is 2. The van der Waals surface area contributed by atoms with E-state index in [0.717, 1.165) is 27.0 Å². The molecule has 1 N–H and O–H groups in total. The van der Waals surface area contributed by atoms with Crippen LogP contribution in [-0.2, 0) is 7.05 Å². The number of fused-ring (bicyclic) bond motifs is 1. The van der Waals surface area contributed by atoms with Crippen LogP contribution in [0.4, 0.5) is 5.69 Å². The van der Waals surface area contributed by atoms with Crippen LogP contribution in [0, 0.1) is 13.8 Å². The normalized spacial score (nSPS) is 10.9. The quantitative estimate of drug-likeness (QED) is 0.755. The van der Waals surface area contributed by atoms with E-state index >= 15 is 0 Å². The number of nitrogens with zero attached hydrogens (tertiary/aromatic N) is 1. The van der Waals surface area contributed by atoms with E-state index in [4.69, 9.17) is 0 Å². The van der Waals surface area contributed by atoms with E-state index in [1.807, 2.05) is 55.1 Å². The smallest absolute Gasteiger partial charge is 0.272 e. The van der Waals surface area contributed by atoms with Crippen molar-refractivity contribution in [1.82, 2.24) is 4.57 Å². The molecule has 0 saturated heterocycles. The molecule has 0 fully saturated rings. The van der Waals surface area contributed by atoms with Crippen molar-refractivity contribution >= 4 is 33.1 Å². The van der Waals surface area contributed by atoms with Gasteiger partial charge in [0.2, 0.25) is 0 Å². The molecule has 20 heavy (non-hydrogen) atoms. The Morgan fingerprint density at radius 2 is 1.85 bits per heavy atom. The third-order valence-corrected chi connectivity index (χ3v) is 4.23. The molecule has 0 aliphatic rings. The van der Waals surface area contributed by atoms with Crippen LogP contribution in [0.2, 0.25) is 0 Å².